The fourth-order valence-electron chi connectivity index (χ4n) is 0.954. The number of hydrogen-bond acceptors (Lipinski definition) is 2. The van der Waals surface area contributed by atoms with Crippen LogP contribution in [-0.2, 0) is 9.53 Å². The molecule has 1 N–H and O–H groups in total. The van der Waals surface area contributed by atoms with Gasteiger partial charge in [-0.2, -0.15) is 0 Å². The van der Waals surface area contributed by atoms with Gasteiger partial charge in [-0.05, 0) is 12.1 Å². The number of amides is 1. The molecule has 0 saturated carbocycles. The van der Waals surface area contributed by atoms with Gasteiger partial charge >= 0.3 is 0 Å². The molecule has 0 aliphatic rings. The van der Waals surface area contributed by atoms with Crippen molar-refractivity contribution in [2.75, 3.05) is 19.0 Å². The largest absolute Gasteiger partial charge is 0.375 e. The minimum atomic E-state index is -0.738. The van der Waals surface area contributed by atoms with E-state index in [-0.39, 0.29) is 12.3 Å². The van der Waals surface area contributed by atoms with Crippen LogP contribution in [0.5, 0.6) is 0 Å². The molecule has 1 rings (SSSR count). The van der Waals surface area contributed by atoms with Crippen LogP contribution < -0.4 is 5.32 Å². The van der Waals surface area contributed by atoms with Crippen molar-refractivity contribution >= 4 is 11.6 Å². The fourth-order valence-corrected chi connectivity index (χ4v) is 0.954. The number of rotatable bonds is 3. The molecule has 76 valence electrons. The molecule has 1 amide bonds. The third-order valence-corrected chi connectivity index (χ3v) is 1.42. The van der Waals surface area contributed by atoms with Crippen molar-refractivity contribution in [3.8, 4) is 0 Å². The first-order valence-electron chi connectivity index (χ1n) is 3.86. The Morgan fingerprint density at radius 2 is 1.93 bits per heavy atom. The quantitative estimate of drug-likeness (QED) is 0.805. The first-order chi connectivity index (χ1) is 6.61. The lowest BCUT2D eigenvalue weighted by Crippen LogP contribution is -2.17. The Bertz CT molecular complexity index is 321. The number of carbonyl (C=O) groups is 1. The van der Waals surface area contributed by atoms with E-state index in [1.165, 1.54) is 7.11 Å². The van der Waals surface area contributed by atoms with Gasteiger partial charge in [0.25, 0.3) is 0 Å². The molecule has 1 aromatic carbocycles. The van der Waals surface area contributed by atoms with Gasteiger partial charge in [-0.25, -0.2) is 8.78 Å². The molecule has 0 unspecified atom stereocenters. The summed E-state index contributed by atoms with van der Waals surface area (Å²) in [4.78, 5) is 11.0. The highest BCUT2D eigenvalue weighted by Gasteiger charge is 2.04. The summed E-state index contributed by atoms with van der Waals surface area (Å²) >= 11 is 0. The summed E-state index contributed by atoms with van der Waals surface area (Å²) in [5.41, 5.74) is 0.0737. The molecule has 0 heterocycles. The second-order valence-corrected chi connectivity index (χ2v) is 2.64. The Morgan fingerprint density at radius 1 is 1.36 bits per heavy atom. The summed E-state index contributed by atoms with van der Waals surface area (Å²) in [6.07, 6.45) is 0. The topological polar surface area (TPSA) is 38.3 Å². The zero-order chi connectivity index (χ0) is 10.6. The predicted molar refractivity (Wildman–Crippen MR) is 46.9 cm³/mol. The van der Waals surface area contributed by atoms with E-state index < -0.39 is 17.5 Å². The molecule has 0 atom stereocenters. The van der Waals surface area contributed by atoms with Gasteiger partial charge < -0.3 is 10.1 Å². The van der Waals surface area contributed by atoms with Crippen molar-refractivity contribution in [1.82, 2.24) is 0 Å². The molecule has 0 fully saturated rings. The highest BCUT2D eigenvalue weighted by atomic mass is 19.1. The van der Waals surface area contributed by atoms with Crippen LogP contribution in [0.1, 0.15) is 0 Å². The van der Waals surface area contributed by atoms with Gasteiger partial charge in [-0.15, -0.1) is 0 Å². The van der Waals surface area contributed by atoms with Gasteiger partial charge in [-0.1, -0.05) is 0 Å². The lowest BCUT2D eigenvalue weighted by Gasteiger charge is -2.04. The monoisotopic (exact) mass is 201 g/mol. The fraction of sp³-hybridized carbons (Fsp3) is 0.222. The van der Waals surface area contributed by atoms with E-state index in [2.05, 4.69) is 10.1 Å². The summed E-state index contributed by atoms with van der Waals surface area (Å²) in [6, 6.07) is 2.78. The second kappa shape index (κ2) is 4.66. The lowest BCUT2D eigenvalue weighted by atomic mass is 10.3. The highest BCUT2D eigenvalue weighted by Crippen LogP contribution is 2.12. The smallest absolute Gasteiger partial charge is 0.250 e. The first-order valence-corrected chi connectivity index (χ1v) is 3.86. The van der Waals surface area contributed by atoms with E-state index in [9.17, 15) is 13.6 Å². The number of halogens is 2. The molecule has 3 nitrogen and oxygen atoms in total. The van der Waals surface area contributed by atoms with Gasteiger partial charge in [0.15, 0.2) is 0 Å². The highest BCUT2D eigenvalue weighted by molar-refractivity contribution is 5.91. The van der Waals surface area contributed by atoms with Crippen LogP contribution in [0, 0.1) is 11.6 Å². The van der Waals surface area contributed by atoms with Crippen molar-refractivity contribution in [3.63, 3.8) is 0 Å². The number of ether oxygens (including phenoxy) is 1. The van der Waals surface area contributed by atoms with Crippen LogP contribution in [0.4, 0.5) is 14.5 Å². The maximum absolute atomic E-state index is 12.6. The molecule has 14 heavy (non-hydrogen) atoms. The SMILES string of the molecule is COCC(=O)Nc1cc(F)cc(F)c1. The van der Waals surface area contributed by atoms with E-state index in [4.69, 9.17) is 0 Å². The van der Waals surface area contributed by atoms with Crippen LogP contribution in [-0.4, -0.2) is 19.6 Å². The zero-order valence-corrected chi connectivity index (χ0v) is 7.51. The molecule has 0 aliphatic carbocycles. The van der Waals surface area contributed by atoms with Crippen LogP contribution in [0.3, 0.4) is 0 Å². The summed E-state index contributed by atoms with van der Waals surface area (Å²) < 4.78 is 29.8. The van der Waals surface area contributed by atoms with Gasteiger partial charge in [-0.3, -0.25) is 4.79 Å². The normalized spacial score (nSPS) is 9.93. The third kappa shape index (κ3) is 3.10. The van der Waals surface area contributed by atoms with Crippen LogP contribution in [0.25, 0.3) is 0 Å². The Labute approximate surface area is 79.7 Å². The molecular formula is C9H9F2NO2. The molecule has 0 radical (unpaired) electrons. The molecule has 0 saturated heterocycles. The standard InChI is InChI=1S/C9H9F2NO2/c1-14-5-9(13)12-8-3-6(10)2-7(11)4-8/h2-4H,5H2,1H3,(H,12,13). The minimum Gasteiger partial charge on any atom is -0.375 e. The van der Waals surface area contributed by atoms with Crippen molar-refractivity contribution in [2.45, 2.75) is 0 Å². The van der Waals surface area contributed by atoms with Crippen molar-refractivity contribution in [3.05, 3.63) is 29.8 Å². The molecule has 0 aliphatic heterocycles. The maximum Gasteiger partial charge on any atom is 0.250 e. The van der Waals surface area contributed by atoms with Crippen molar-refractivity contribution in [1.29, 1.82) is 0 Å². The third-order valence-electron chi connectivity index (χ3n) is 1.42. The number of hydrogen-bond donors (Lipinski definition) is 1. The number of anilines is 1. The Hall–Kier alpha value is -1.49. The first kappa shape index (κ1) is 10.6. The average molecular weight is 201 g/mol. The number of nitrogens with one attached hydrogen (secondary N) is 1. The Morgan fingerprint density at radius 3 is 2.43 bits per heavy atom. The van der Waals surface area contributed by atoms with E-state index in [1.807, 2.05) is 0 Å². The minimum absolute atomic E-state index is 0.0737. The average Bonchev–Trinajstić information content (AvgIpc) is 2.01. The van der Waals surface area contributed by atoms with E-state index in [0.717, 1.165) is 18.2 Å². The molecular weight excluding hydrogens is 192 g/mol. The van der Waals surface area contributed by atoms with Gasteiger partial charge in [0.05, 0.1) is 0 Å². The number of benzene rings is 1. The molecule has 0 aromatic heterocycles. The van der Waals surface area contributed by atoms with Gasteiger partial charge in [0.2, 0.25) is 5.91 Å². The predicted octanol–water partition coefficient (Wildman–Crippen LogP) is 1.55. The van der Waals surface area contributed by atoms with E-state index >= 15 is 0 Å². The van der Waals surface area contributed by atoms with Crippen LogP contribution in [0.15, 0.2) is 18.2 Å². The van der Waals surface area contributed by atoms with Crippen LogP contribution >= 0.6 is 0 Å². The summed E-state index contributed by atoms with van der Waals surface area (Å²) in [5.74, 6) is -1.94. The molecule has 0 bridgehead atoms. The number of methoxy groups -OCH3 is 1. The Kier molecular flexibility index (Phi) is 3.53. The van der Waals surface area contributed by atoms with Crippen LogP contribution in [0.2, 0.25) is 0 Å². The van der Waals surface area contributed by atoms with Gasteiger partial charge in [0.1, 0.15) is 18.2 Å². The molecule has 0 spiro atoms. The van der Waals surface area contributed by atoms with Crippen molar-refractivity contribution in [2.24, 2.45) is 0 Å². The lowest BCUT2D eigenvalue weighted by molar-refractivity contribution is -0.119. The Balaban J connectivity index is 2.71. The van der Waals surface area contributed by atoms with Crippen molar-refractivity contribution < 1.29 is 18.3 Å². The summed E-state index contributed by atoms with van der Waals surface area (Å²) in [7, 11) is 1.35. The summed E-state index contributed by atoms with van der Waals surface area (Å²) in [6.45, 7) is -0.155. The number of carbonyl (C=O) groups excluding carboxylic acids is 1. The van der Waals surface area contributed by atoms with E-state index in [1.54, 1.807) is 0 Å². The van der Waals surface area contributed by atoms with Gasteiger partial charge in [0, 0.05) is 18.9 Å². The summed E-state index contributed by atoms with van der Waals surface area (Å²) in [5, 5.41) is 2.28. The molecule has 5 heteroatoms. The van der Waals surface area contributed by atoms with E-state index in [0.29, 0.717) is 0 Å². The molecule has 1 aromatic rings. The zero-order valence-electron chi connectivity index (χ0n) is 7.51. The maximum atomic E-state index is 12.6. The second-order valence-electron chi connectivity index (χ2n) is 2.64.